The highest BCUT2D eigenvalue weighted by molar-refractivity contribution is 5.21. The minimum atomic E-state index is -4.08. The molecule has 0 amide bonds. The molecule has 1 aromatic rings. The third-order valence-corrected chi connectivity index (χ3v) is 3.01. The Kier molecular flexibility index (Phi) is 2.93. The molecule has 2 rings (SSSR count). The second-order valence-corrected chi connectivity index (χ2v) is 4.30. The summed E-state index contributed by atoms with van der Waals surface area (Å²) in [5.41, 5.74) is 2.07. The van der Waals surface area contributed by atoms with Crippen LogP contribution in [0.2, 0.25) is 0 Å². The molecule has 0 radical (unpaired) electrons. The molecule has 16 heavy (non-hydrogen) atoms. The number of likely N-dealkylation sites (tertiary alicyclic amines) is 1. The predicted molar refractivity (Wildman–Crippen MR) is 56.0 cm³/mol. The first-order valence-electron chi connectivity index (χ1n) is 5.33. The molecule has 1 aliphatic heterocycles. The molecular formula is C12H14F3N. The first kappa shape index (κ1) is 11.5. The van der Waals surface area contributed by atoms with Gasteiger partial charge in [0.2, 0.25) is 0 Å². The predicted octanol–water partition coefficient (Wildman–Crippen LogP) is 3.13. The zero-order valence-electron chi connectivity index (χ0n) is 9.09. The summed E-state index contributed by atoms with van der Waals surface area (Å²) in [7, 11) is 0. The second kappa shape index (κ2) is 4.09. The monoisotopic (exact) mass is 229 g/mol. The summed E-state index contributed by atoms with van der Waals surface area (Å²) in [5.74, 6) is 0. The molecule has 0 bridgehead atoms. The van der Waals surface area contributed by atoms with Crippen molar-refractivity contribution in [2.75, 3.05) is 6.54 Å². The molecule has 4 heteroatoms. The summed E-state index contributed by atoms with van der Waals surface area (Å²) in [5, 5.41) is 0. The van der Waals surface area contributed by atoms with Crippen molar-refractivity contribution < 1.29 is 13.2 Å². The van der Waals surface area contributed by atoms with Crippen molar-refractivity contribution in [2.24, 2.45) is 0 Å². The summed E-state index contributed by atoms with van der Waals surface area (Å²) >= 11 is 0. The molecule has 0 spiro atoms. The van der Waals surface area contributed by atoms with Crippen LogP contribution in [0.4, 0.5) is 13.2 Å². The summed E-state index contributed by atoms with van der Waals surface area (Å²) in [6.45, 7) is 2.90. The van der Waals surface area contributed by atoms with Crippen LogP contribution in [0.5, 0.6) is 0 Å². The molecule has 0 saturated carbocycles. The second-order valence-electron chi connectivity index (χ2n) is 4.30. The van der Waals surface area contributed by atoms with E-state index in [2.05, 4.69) is 0 Å². The molecule has 0 N–H and O–H groups in total. The fraction of sp³-hybridized carbons (Fsp3) is 0.500. The highest BCUT2D eigenvalue weighted by Crippen LogP contribution is 2.34. The maximum atomic E-state index is 12.5. The third kappa shape index (κ3) is 2.38. The van der Waals surface area contributed by atoms with E-state index in [9.17, 15) is 13.2 Å². The summed E-state index contributed by atoms with van der Waals surface area (Å²) < 4.78 is 37.4. The van der Waals surface area contributed by atoms with Gasteiger partial charge in [-0.05, 0) is 18.9 Å². The SMILES string of the molecule is Cc1ccc(CN2CCC2C(F)(F)F)cc1. The van der Waals surface area contributed by atoms with Gasteiger partial charge in [0.15, 0.2) is 0 Å². The van der Waals surface area contributed by atoms with Crippen molar-refractivity contribution in [1.29, 1.82) is 0 Å². The lowest BCUT2D eigenvalue weighted by Crippen LogP contribution is -2.55. The Bertz CT molecular complexity index is 356. The molecular weight excluding hydrogens is 215 g/mol. The first-order chi connectivity index (χ1) is 7.47. The van der Waals surface area contributed by atoms with Crippen molar-refractivity contribution in [3.63, 3.8) is 0 Å². The van der Waals surface area contributed by atoms with Gasteiger partial charge in [0.1, 0.15) is 6.04 Å². The lowest BCUT2D eigenvalue weighted by atomic mass is 10.0. The van der Waals surface area contributed by atoms with Crippen LogP contribution in [0.15, 0.2) is 24.3 Å². The van der Waals surface area contributed by atoms with Gasteiger partial charge >= 0.3 is 6.18 Å². The molecule has 1 fully saturated rings. The smallest absolute Gasteiger partial charge is 0.288 e. The number of halogens is 3. The Hall–Kier alpha value is -1.03. The lowest BCUT2D eigenvalue weighted by molar-refractivity contribution is -0.212. The van der Waals surface area contributed by atoms with Crippen molar-refractivity contribution in [3.05, 3.63) is 35.4 Å². The van der Waals surface area contributed by atoms with Crippen LogP contribution >= 0.6 is 0 Å². The highest BCUT2D eigenvalue weighted by atomic mass is 19.4. The molecule has 1 aliphatic rings. The van der Waals surface area contributed by atoms with Gasteiger partial charge in [-0.15, -0.1) is 0 Å². The molecule has 1 aromatic carbocycles. The zero-order chi connectivity index (χ0) is 11.8. The summed E-state index contributed by atoms with van der Waals surface area (Å²) in [6, 6.07) is 6.39. The lowest BCUT2D eigenvalue weighted by Gasteiger charge is -2.41. The van der Waals surface area contributed by atoms with Crippen LogP contribution in [0.1, 0.15) is 17.5 Å². The topological polar surface area (TPSA) is 3.24 Å². The van der Waals surface area contributed by atoms with Crippen LogP contribution < -0.4 is 0 Å². The fourth-order valence-electron chi connectivity index (χ4n) is 1.93. The van der Waals surface area contributed by atoms with E-state index in [1.54, 1.807) is 0 Å². The van der Waals surface area contributed by atoms with Crippen molar-refractivity contribution >= 4 is 0 Å². The first-order valence-corrected chi connectivity index (χ1v) is 5.33. The van der Waals surface area contributed by atoms with Gasteiger partial charge in [-0.25, -0.2) is 0 Å². The van der Waals surface area contributed by atoms with Crippen molar-refractivity contribution in [1.82, 2.24) is 4.90 Å². The van der Waals surface area contributed by atoms with E-state index in [0.29, 0.717) is 13.1 Å². The van der Waals surface area contributed by atoms with E-state index >= 15 is 0 Å². The van der Waals surface area contributed by atoms with Gasteiger partial charge < -0.3 is 0 Å². The van der Waals surface area contributed by atoms with Gasteiger partial charge in [-0.2, -0.15) is 13.2 Å². The van der Waals surface area contributed by atoms with E-state index in [4.69, 9.17) is 0 Å². The van der Waals surface area contributed by atoms with E-state index < -0.39 is 12.2 Å². The normalized spacial score (nSPS) is 21.9. The molecule has 0 aromatic heterocycles. The number of aryl methyl sites for hydroxylation is 1. The van der Waals surface area contributed by atoms with Crippen molar-refractivity contribution in [2.45, 2.75) is 32.1 Å². The standard InChI is InChI=1S/C12H14F3N/c1-9-2-4-10(5-3-9)8-16-7-6-11(16)12(13,14)15/h2-5,11H,6-8H2,1H3. The maximum Gasteiger partial charge on any atom is 0.404 e. The Morgan fingerprint density at radius 3 is 2.31 bits per heavy atom. The van der Waals surface area contributed by atoms with E-state index in [-0.39, 0.29) is 6.42 Å². The van der Waals surface area contributed by atoms with Gasteiger partial charge in [-0.1, -0.05) is 29.8 Å². The van der Waals surface area contributed by atoms with E-state index in [1.807, 2.05) is 31.2 Å². The third-order valence-electron chi connectivity index (χ3n) is 3.01. The van der Waals surface area contributed by atoms with Crippen LogP contribution in [-0.4, -0.2) is 23.7 Å². The number of hydrogen-bond donors (Lipinski definition) is 0. The maximum absolute atomic E-state index is 12.5. The quantitative estimate of drug-likeness (QED) is 0.753. The number of alkyl halides is 3. The van der Waals surface area contributed by atoms with Gasteiger partial charge in [0.05, 0.1) is 0 Å². The summed E-state index contributed by atoms with van der Waals surface area (Å²) in [6.07, 6.45) is -3.85. The average Bonchev–Trinajstić information content (AvgIpc) is 2.12. The molecule has 0 aliphatic carbocycles. The fourth-order valence-corrected chi connectivity index (χ4v) is 1.93. The summed E-state index contributed by atoms with van der Waals surface area (Å²) in [4.78, 5) is 1.48. The molecule has 1 nitrogen and oxygen atoms in total. The van der Waals surface area contributed by atoms with Gasteiger partial charge in [-0.3, -0.25) is 4.90 Å². The Morgan fingerprint density at radius 2 is 1.88 bits per heavy atom. The molecule has 1 saturated heterocycles. The Labute approximate surface area is 92.9 Å². The van der Waals surface area contributed by atoms with E-state index in [0.717, 1.165) is 11.1 Å². The average molecular weight is 229 g/mol. The molecule has 1 atom stereocenters. The molecule has 88 valence electrons. The number of nitrogens with zero attached hydrogens (tertiary/aromatic N) is 1. The molecule has 1 unspecified atom stereocenters. The Morgan fingerprint density at radius 1 is 1.25 bits per heavy atom. The van der Waals surface area contributed by atoms with Crippen molar-refractivity contribution in [3.8, 4) is 0 Å². The largest absolute Gasteiger partial charge is 0.404 e. The Balaban J connectivity index is 1.98. The zero-order valence-corrected chi connectivity index (χ0v) is 9.09. The van der Waals surface area contributed by atoms with Crippen LogP contribution in [-0.2, 0) is 6.54 Å². The van der Waals surface area contributed by atoms with E-state index in [1.165, 1.54) is 4.90 Å². The minimum absolute atomic E-state index is 0.232. The number of hydrogen-bond acceptors (Lipinski definition) is 1. The van der Waals surface area contributed by atoms with Crippen LogP contribution in [0, 0.1) is 6.92 Å². The number of rotatable bonds is 2. The minimum Gasteiger partial charge on any atom is -0.288 e. The van der Waals surface area contributed by atoms with Crippen LogP contribution in [0.3, 0.4) is 0 Å². The molecule has 1 heterocycles. The van der Waals surface area contributed by atoms with Gasteiger partial charge in [0.25, 0.3) is 0 Å². The van der Waals surface area contributed by atoms with Crippen LogP contribution in [0.25, 0.3) is 0 Å². The highest BCUT2D eigenvalue weighted by Gasteiger charge is 2.48. The van der Waals surface area contributed by atoms with Gasteiger partial charge in [0, 0.05) is 13.1 Å². The number of benzene rings is 1.